The fourth-order valence-electron chi connectivity index (χ4n) is 3.17. The van der Waals surface area contributed by atoms with Gasteiger partial charge < -0.3 is 10.1 Å². The Balaban J connectivity index is 1.54. The topological polar surface area (TPSA) is 51.2 Å². The molecule has 1 aromatic heterocycles. The number of ether oxygens (including phenoxy) is 1. The molecule has 1 aliphatic rings. The van der Waals surface area contributed by atoms with Gasteiger partial charge in [-0.05, 0) is 36.1 Å². The lowest BCUT2D eigenvalue weighted by Crippen LogP contribution is -2.23. The van der Waals surface area contributed by atoms with Gasteiger partial charge in [0.25, 0.3) is 5.91 Å². The van der Waals surface area contributed by atoms with Gasteiger partial charge >= 0.3 is 0 Å². The fourth-order valence-corrected chi connectivity index (χ4v) is 3.17. The fraction of sp³-hybridized carbons (Fsp3) is 0.273. The van der Waals surface area contributed by atoms with E-state index in [-0.39, 0.29) is 5.91 Å². The van der Waals surface area contributed by atoms with Crippen LogP contribution in [0.5, 0.6) is 0 Å². The number of aromatic nitrogens is 1. The second-order valence-corrected chi connectivity index (χ2v) is 6.82. The van der Waals surface area contributed by atoms with E-state index >= 15 is 0 Å². The van der Waals surface area contributed by atoms with Crippen LogP contribution in [-0.4, -0.2) is 18.0 Å². The van der Waals surface area contributed by atoms with Crippen molar-refractivity contribution in [3.05, 3.63) is 77.0 Å². The molecule has 1 heterocycles. The first-order valence-corrected chi connectivity index (χ1v) is 8.99. The molecule has 4 nitrogen and oxygen atoms in total. The Hall–Kier alpha value is -2.72. The second-order valence-electron chi connectivity index (χ2n) is 6.82. The zero-order valence-electron chi connectivity index (χ0n) is 14.9. The Morgan fingerprint density at radius 3 is 2.58 bits per heavy atom. The molecular weight excluding hydrogens is 324 g/mol. The van der Waals surface area contributed by atoms with Crippen molar-refractivity contribution in [1.82, 2.24) is 10.3 Å². The third-order valence-electron chi connectivity index (χ3n) is 4.76. The summed E-state index contributed by atoms with van der Waals surface area (Å²) < 4.78 is 5.12. The highest BCUT2D eigenvalue weighted by molar-refractivity contribution is 6.06. The van der Waals surface area contributed by atoms with E-state index in [4.69, 9.17) is 9.72 Å². The molecule has 0 aliphatic heterocycles. The maximum Gasteiger partial charge on any atom is 0.252 e. The number of rotatable bonds is 6. The Kier molecular flexibility index (Phi) is 4.67. The van der Waals surface area contributed by atoms with Crippen molar-refractivity contribution in [2.75, 3.05) is 7.11 Å². The first-order valence-electron chi connectivity index (χ1n) is 8.99. The Morgan fingerprint density at radius 1 is 1.12 bits per heavy atom. The van der Waals surface area contributed by atoms with Crippen LogP contribution in [0.25, 0.3) is 10.9 Å². The van der Waals surface area contributed by atoms with E-state index in [0.717, 1.165) is 27.7 Å². The minimum absolute atomic E-state index is 0.0496. The lowest BCUT2D eigenvalue weighted by Gasteiger charge is -2.10. The molecule has 1 fully saturated rings. The summed E-state index contributed by atoms with van der Waals surface area (Å²) in [5, 5.41) is 3.95. The highest BCUT2D eigenvalue weighted by Gasteiger charge is 2.26. The van der Waals surface area contributed by atoms with E-state index in [1.54, 1.807) is 7.11 Å². The Bertz CT molecular complexity index is 931. The average molecular weight is 346 g/mol. The molecule has 0 atom stereocenters. The number of benzene rings is 2. The van der Waals surface area contributed by atoms with Crippen LogP contribution in [0.2, 0.25) is 0 Å². The zero-order valence-corrected chi connectivity index (χ0v) is 14.9. The average Bonchev–Trinajstić information content (AvgIpc) is 3.52. The van der Waals surface area contributed by atoms with E-state index < -0.39 is 0 Å². The number of amides is 1. The van der Waals surface area contributed by atoms with Crippen molar-refractivity contribution in [2.45, 2.75) is 31.9 Å². The smallest absolute Gasteiger partial charge is 0.252 e. The zero-order chi connectivity index (χ0) is 17.9. The lowest BCUT2D eigenvalue weighted by atomic mass is 10.0. The number of nitrogens with zero attached hydrogens (tertiary/aromatic N) is 1. The van der Waals surface area contributed by atoms with Gasteiger partial charge in [0.1, 0.15) is 0 Å². The molecule has 0 unspecified atom stereocenters. The van der Waals surface area contributed by atoms with Crippen LogP contribution in [0, 0.1) is 0 Å². The normalized spacial score (nSPS) is 13.7. The van der Waals surface area contributed by atoms with E-state index in [1.807, 2.05) is 54.6 Å². The largest absolute Gasteiger partial charge is 0.380 e. The van der Waals surface area contributed by atoms with Gasteiger partial charge in [-0.1, -0.05) is 42.5 Å². The van der Waals surface area contributed by atoms with E-state index in [9.17, 15) is 4.79 Å². The van der Waals surface area contributed by atoms with E-state index in [1.165, 1.54) is 12.8 Å². The molecule has 2 aromatic carbocycles. The maximum absolute atomic E-state index is 12.8. The van der Waals surface area contributed by atoms with Crippen LogP contribution >= 0.6 is 0 Å². The first kappa shape index (κ1) is 16.7. The van der Waals surface area contributed by atoms with Gasteiger partial charge in [-0.3, -0.25) is 9.78 Å². The molecule has 0 radical (unpaired) electrons. The Labute approximate surface area is 153 Å². The maximum atomic E-state index is 12.8. The van der Waals surface area contributed by atoms with Crippen molar-refractivity contribution >= 4 is 16.8 Å². The van der Waals surface area contributed by atoms with Crippen LogP contribution in [0.3, 0.4) is 0 Å². The highest BCUT2D eigenvalue weighted by atomic mass is 16.5. The minimum atomic E-state index is -0.0496. The van der Waals surface area contributed by atoms with Crippen LogP contribution in [-0.2, 0) is 17.9 Å². The van der Waals surface area contributed by atoms with Crippen LogP contribution in [0.4, 0.5) is 0 Å². The number of hydrogen-bond donors (Lipinski definition) is 1. The Morgan fingerprint density at radius 2 is 1.85 bits per heavy atom. The molecule has 26 heavy (non-hydrogen) atoms. The van der Waals surface area contributed by atoms with Crippen molar-refractivity contribution < 1.29 is 9.53 Å². The first-order chi connectivity index (χ1) is 12.7. The molecule has 0 saturated heterocycles. The molecule has 1 N–H and O–H groups in total. The second kappa shape index (κ2) is 7.26. The summed E-state index contributed by atoms with van der Waals surface area (Å²) in [7, 11) is 1.68. The summed E-state index contributed by atoms with van der Waals surface area (Å²) in [5.41, 5.74) is 4.84. The summed E-state index contributed by atoms with van der Waals surface area (Å²) in [6, 6.07) is 17.9. The molecule has 3 aromatic rings. The molecule has 0 bridgehead atoms. The quantitative estimate of drug-likeness (QED) is 0.728. The van der Waals surface area contributed by atoms with E-state index in [0.29, 0.717) is 24.6 Å². The van der Waals surface area contributed by atoms with Crippen LogP contribution in [0.1, 0.15) is 45.9 Å². The standard InChI is InChI=1S/C22H22N2O2/c1-26-14-16-8-6-15(7-9-16)13-23-22(25)19-12-21(17-10-11-17)24-20-5-3-2-4-18(19)20/h2-9,12,17H,10-11,13-14H2,1H3,(H,23,25). The van der Waals surface area contributed by atoms with Gasteiger partial charge in [-0.2, -0.15) is 0 Å². The number of para-hydroxylation sites is 1. The predicted molar refractivity (Wildman–Crippen MR) is 102 cm³/mol. The number of pyridine rings is 1. The number of hydrogen-bond acceptors (Lipinski definition) is 3. The number of fused-ring (bicyclic) bond motifs is 1. The molecule has 4 heteroatoms. The number of nitrogens with one attached hydrogen (secondary N) is 1. The van der Waals surface area contributed by atoms with Gasteiger partial charge in [0, 0.05) is 30.7 Å². The molecular formula is C22H22N2O2. The summed E-state index contributed by atoms with van der Waals surface area (Å²) in [4.78, 5) is 17.6. The van der Waals surface area contributed by atoms with Gasteiger partial charge in [-0.15, -0.1) is 0 Å². The van der Waals surface area contributed by atoms with Crippen LogP contribution in [0.15, 0.2) is 54.6 Å². The van der Waals surface area contributed by atoms with E-state index in [2.05, 4.69) is 5.32 Å². The monoisotopic (exact) mass is 346 g/mol. The van der Waals surface area contributed by atoms with Crippen molar-refractivity contribution in [1.29, 1.82) is 0 Å². The third kappa shape index (κ3) is 3.60. The lowest BCUT2D eigenvalue weighted by molar-refractivity contribution is 0.0952. The molecule has 1 saturated carbocycles. The highest BCUT2D eigenvalue weighted by Crippen LogP contribution is 2.40. The van der Waals surface area contributed by atoms with Gasteiger partial charge in [0.2, 0.25) is 0 Å². The molecule has 132 valence electrons. The number of methoxy groups -OCH3 is 1. The molecule has 0 spiro atoms. The van der Waals surface area contributed by atoms with Crippen molar-refractivity contribution in [3.63, 3.8) is 0 Å². The number of carbonyl (C=O) groups excluding carboxylic acids is 1. The predicted octanol–water partition coefficient (Wildman–Crippen LogP) is 4.19. The number of carbonyl (C=O) groups is 1. The SMILES string of the molecule is COCc1ccc(CNC(=O)c2cc(C3CC3)nc3ccccc23)cc1. The minimum Gasteiger partial charge on any atom is -0.380 e. The van der Waals surface area contributed by atoms with Gasteiger partial charge in [0.05, 0.1) is 17.7 Å². The van der Waals surface area contributed by atoms with Crippen molar-refractivity contribution in [2.24, 2.45) is 0 Å². The van der Waals surface area contributed by atoms with Crippen LogP contribution < -0.4 is 5.32 Å². The summed E-state index contributed by atoms with van der Waals surface area (Å²) in [5.74, 6) is 0.464. The third-order valence-corrected chi connectivity index (χ3v) is 4.76. The van der Waals surface area contributed by atoms with Gasteiger partial charge in [0.15, 0.2) is 0 Å². The summed E-state index contributed by atoms with van der Waals surface area (Å²) in [6.07, 6.45) is 2.33. The summed E-state index contributed by atoms with van der Waals surface area (Å²) >= 11 is 0. The van der Waals surface area contributed by atoms with Crippen molar-refractivity contribution in [3.8, 4) is 0 Å². The summed E-state index contributed by atoms with van der Waals surface area (Å²) in [6.45, 7) is 1.10. The molecule has 4 rings (SSSR count). The molecule has 1 aliphatic carbocycles. The van der Waals surface area contributed by atoms with Gasteiger partial charge in [-0.25, -0.2) is 0 Å². The molecule has 1 amide bonds.